The zero-order valence-electron chi connectivity index (χ0n) is 23.7. The van der Waals surface area contributed by atoms with Crippen LogP contribution in [0, 0.1) is 10.1 Å². The van der Waals surface area contributed by atoms with Gasteiger partial charge in [-0.25, -0.2) is 23.2 Å². The third-order valence-corrected chi connectivity index (χ3v) is 9.24. The van der Waals surface area contributed by atoms with Gasteiger partial charge in [0.25, 0.3) is 5.69 Å². The molecule has 1 amide bonds. The largest absolute Gasteiger partial charge is 0.478 e. The van der Waals surface area contributed by atoms with Crippen molar-refractivity contribution in [2.24, 2.45) is 0 Å². The highest BCUT2D eigenvalue weighted by atomic mass is 32.2. The van der Waals surface area contributed by atoms with Crippen LogP contribution in [0.4, 0.5) is 11.5 Å². The number of piperazine rings is 1. The van der Waals surface area contributed by atoms with Gasteiger partial charge in [-0.3, -0.25) is 19.9 Å². The Morgan fingerprint density at radius 2 is 1.75 bits per heavy atom. The van der Waals surface area contributed by atoms with Gasteiger partial charge in [-0.1, -0.05) is 37.6 Å². The number of non-ortho nitro benzene ring substituents is 1. The van der Waals surface area contributed by atoms with Crippen LogP contribution >= 0.6 is 0 Å². The summed E-state index contributed by atoms with van der Waals surface area (Å²) in [7, 11) is -4.25. The Balaban J connectivity index is 1.44. The maximum absolute atomic E-state index is 13.8. The van der Waals surface area contributed by atoms with E-state index in [1.54, 1.807) is 4.90 Å². The lowest BCUT2D eigenvalue weighted by Crippen LogP contribution is -2.60. The number of pyridine rings is 1. The first kappa shape index (κ1) is 30.4. The fourth-order valence-electron chi connectivity index (χ4n) is 5.00. The van der Waals surface area contributed by atoms with Crippen molar-refractivity contribution in [2.75, 3.05) is 24.5 Å². The summed E-state index contributed by atoms with van der Waals surface area (Å²) < 4.78 is 28.6. The molecule has 0 aliphatic carbocycles. The number of nitro groups is 1. The highest BCUT2D eigenvalue weighted by Gasteiger charge is 2.40. The Labute approximate surface area is 252 Å². The Morgan fingerprint density at radius 1 is 1.05 bits per heavy atom. The molecule has 1 fully saturated rings. The van der Waals surface area contributed by atoms with Gasteiger partial charge in [-0.2, -0.15) is 4.31 Å². The quantitative estimate of drug-likeness (QED) is 0.196. The number of carboxylic acids is 1. The van der Waals surface area contributed by atoms with Crippen molar-refractivity contribution in [3.8, 4) is 0 Å². The maximum atomic E-state index is 13.8. The summed E-state index contributed by atoms with van der Waals surface area (Å²) in [6.07, 6.45) is 5.91. The Hall–Kier alpha value is -5.02. The fourth-order valence-corrected chi connectivity index (χ4v) is 6.57. The molecule has 1 aliphatic heterocycles. The molecule has 0 bridgehead atoms. The van der Waals surface area contributed by atoms with Crippen LogP contribution in [0.3, 0.4) is 0 Å². The van der Waals surface area contributed by atoms with Crippen molar-refractivity contribution in [3.63, 3.8) is 0 Å². The van der Waals surface area contributed by atoms with Gasteiger partial charge in [0.15, 0.2) is 0 Å². The van der Waals surface area contributed by atoms with Crippen LogP contribution in [-0.2, 0) is 27.8 Å². The Bertz CT molecular complexity index is 1820. The molecule has 2 N–H and O–H groups in total. The summed E-state index contributed by atoms with van der Waals surface area (Å²) >= 11 is 0. The lowest BCUT2D eigenvalue weighted by molar-refractivity contribution is -0.384. The number of hydrogen-bond acceptors (Lipinski definition) is 10. The SMILES string of the molecule is CCCc1ccc(CNC(=O)[C@H]2CN(c3cnc4cncc(C(=O)O)c4n3)CCN2S(=O)(=O)c2ccc([N+](=O)[O-])cc2)cc1. The number of rotatable bonds is 10. The van der Waals surface area contributed by atoms with E-state index < -0.39 is 32.9 Å². The lowest BCUT2D eigenvalue weighted by Gasteiger charge is -2.40. The second kappa shape index (κ2) is 12.7. The number of carbonyl (C=O) groups excluding carboxylic acids is 1. The first-order valence-electron chi connectivity index (χ1n) is 13.8. The van der Waals surface area contributed by atoms with Gasteiger partial charge >= 0.3 is 5.97 Å². The molecule has 1 atom stereocenters. The number of nitro benzene ring substituents is 1. The monoisotopic (exact) mass is 619 g/mol. The molecule has 14 nitrogen and oxygen atoms in total. The average Bonchev–Trinajstić information content (AvgIpc) is 3.03. The predicted molar refractivity (Wildman–Crippen MR) is 160 cm³/mol. The minimum absolute atomic E-state index is 0.110. The number of aryl methyl sites for hydroxylation is 1. The molecule has 3 heterocycles. The first-order valence-corrected chi connectivity index (χ1v) is 15.2. The minimum atomic E-state index is -4.25. The third kappa shape index (κ3) is 6.33. The van der Waals surface area contributed by atoms with E-state index in [4.69, 9.17) is 0 Å². The molecule has 0 unspecified atom stereocenters. The fraction of sp³-hybridized carbons (Fsp3) is 0.276. The zero-order chi connectivity index (χ0) is 31.4. The molecule has 44 heavy (non-hydrogen) atoms. The van der Waals surface area contributed by atoms with Gasteiger partial charge in [-0.15, -0.1) is 0 Å². The van der Waals surface area contributed by atoms with Gasteiger partial charge in [0.1, 0.15) is 28.5 Å². The molecule has 0 saturated carbocycles. The lowest BCUT2D eigenvalue weighted by atomic mass is 10.1. The predicted octanol–water partition coefficient (Wildman–Crippen LogP) is 2.78. The van der Waals surface area contributed by atoms with Crippen LogP contribution in [0.2, 0.25) is 0 Å². The topological polar surface area (TPSA) is 189 Å². The van der Waals surface area contributed by atoms with Crippen molar-refractivity contribution in [1.29, 1.82) is 0 Å². The number of nitrogens with zero attached hydrogens (tertiary/aromatic N) is 6. The molecule has 0 spiro atoms. The number of fused-ring (bicyclic) bond motifs is 1. The van der Waals surface area contributed by atoms with E-state index in [1.165, 1.54) is 24.2 Å². The van der Waals surface area contributed by atoms with Crippen molar-refractivity contribution in [2.45, 2.75) is 37.2 Å². The second-order valence-corrected chi connectivity index (χ2v) is 12.1. The number of sulfonamides is 1. The van der Waals surface area contributed by atoms with E-state index in [-0.39, 0.29) is 59.2 Å². The number of anilines is 1. The van der Waals surface area contributed by atoms with Crippen LogP contribution in [0.5, 0.6) is 0 Å². The third-order valence-electron chi connectivity index (χ3n) is 7.31. The van der Waals surface area contributed by atoms with Crippen LogP contribution in [0.1, 0.15) is 34.8 Å². The maximum Gasteiger partial charge on any atom is 0.339 e. The Kier molecular flexibility index (Phi) is 8.78. The second-order valence-electron chi connectivity index (χ2n) is 10.2. The number of aromatic nitrogens is 3. The summed E-state index contributed by atoms with van der Waals surface area (Å²) in [5, 5.41) is 23.5. The minimum Gasteiger partial charge on any atom is -0.478 e. The smallest absolute Gasteiger partial charge is 0.339 e. The number of hydrogen-bond donors (Lipinski definition) is 2. The summed E-state index contributed by atoms with van der Waals surface area (Å²) in [6.45, 7) is 2.14. The van der Waals surface area contributed by atoms with Crippen molar-refractivity contribution < 1.29 is 28.0 Å². The first-order chi connectivity index (χ1) is 21.1. The van der Waals surface area contributed by atoms with Crippen LogP contribution < -0.4 is 10.2 Å². The van der Waals surface area contributed by atoms with Crippen LogP contribution in [0.25, 0.3) is 11.0 Å². The standard InChI is InChI=1S/C29H29N7O7S/c1-2-3-19-4-6-20(7-5-19)14-32-28(37)25-18-34(26-17-31-24-16-30-15-23(29(38)39)27(24)33-26)12-13-35(25)44(42,43)22-10-8-21(9-11-22)36(40)41/h4-11,15-17,25H,2-3,12-14,18H2,1H3,(H,32,37)(H,38,39)/t25-/m1/s1. The highest BCUT2D eigenvalue weighted by Crippen LogP contribution is 2.27. The summed E-state index contributed by atoms with van der Waals surface area (Å²) in [6, 6.07) is 11.0. The normalized spacial score (nSPS) is 15.7. The summed E-state index contributed by atoms with van der Waals surface area (Å²) in [4.78, 5) is 50.0. The number of amides is 1. The van der Waals surface area contributed by atoms with E-state index >= 15 is 0 Å². The molecular formula is C29H29N7O7S. The van der Waals surface area contributed by atoms with Crippen molar-refractivity contribution >= 4 is 44.4 Å². The average molecular weight is 620 g/mol. The molecule has 2 aromatic carbocycles. The van der Waals surface area contributed by atoms with Gasteiger partial charge in [0.05, 0.1) is 22.2 Å². The van der Waals surface area contributed by atoms with Gasteiger partial charge in [0, 0.05) is 44.5 Å². The van der Waals surface area contributed by atoms with E-state index in [1.807, 2.05) is 24.3 Å². The van der Waals surface area contributed by atoms with E-state index in [9.17, 15) is 33.2 Å². The van der Waals surface area contributed by atoms with Gasteiger partial charge in [0.2, 0.25) is 15.9 Å². The van der Waals surface area contributed by atoms with Crippen LogP contribution in [0.15, 0.2) is 72.0 Å². The molecule has 4 aromatic rings. The molecule has 0 radical (unpaired) electrons. The number of carboxylic acid groups (broad SMARTS) is 1. The molecular weight excluding hydrogens is 590 g/mol. The number of aromatic carboxylic acids is 1. The van der Waals surface area contributed by atoms with E-state index in [0.29, 0.717) is 0 Å². The zero-order valence-corrected chi connectivity index (χ0v) is 24.5. The van der Waals surface area contributed by atoms with Gasteiger partial charge in [-0.05, 0) is 29.7 Å². The van der Waals surface area contributed by atoms with Crippen molar-refractivity contribution in [1.82, 2.24) is 24.6 Å². The molecule has 15 heteroatoms. The molecule has 1 saturated heterocycles. The summed E-state index contributed by atoms with van der Waals surface area (Å²) in [5.74, 6) is -1.52. The number of benzene rings is 2. The number of nitrogens with one attached hydrogen (secondary N) is 1. The van der Waals surface area contributed by atoms with Crippen LogP contribution in [-0.4, -0.2) is 75.3 Å². The van der Waals surface area contributed by atoms with E-state index in [0.717, 1.165) is 47.0 Å². The molecule has 2 aromatic heterocycles. The Morgan fingerprint density at radius 3 is 2.41 bits per heavy atom. The van der Waals surface area contributed by atoms with Gasteiger partial charge < -0.3 is 15.3 Å². The molecule has 228 valence electrons. The molecule has 1 aliphatic rings. The van der Waals surface area contributed by atoms with Crippen molar-refractivity contribution in [3.05, 3.63) is 93.9 Å². The highest BCUT2D eigenvalue weighted by molar-refractivity contribution is 7.89. The number of carbonyl (C=O) groups is 2. The summed E-state index contributed by atoms with van der Waals surface area (Å²) in [5.41, 5.74) is 1.98. The molecule has 5 rings (SSSR count). The van der Waals surface area contributed by atoms with E-state index in [2.05, 4.69) is 27.2 Å².